The third kappa shape index (κ3) is 2.63. The molecule has 2 aromatic rings. The summed E-state index contributed by atoms with van der Waals surface area (Å²) in [5.41, 5.74) is 2.87. The van der Waals surface area contributed by atoms with Gasteiger partial charge >= 0.3 is 0 Å². The molecule has 0 amide bonds. The Labute approximate surface area is 118 Å². The maximum atomic E-state index is 5.60. The van der Waals surface area contributed by atoms with Crippen LogP contribution in [0.5, 0.6) is 0 Å². The molecule has 2 nitrogen and oxygen atoms in total. The van der Waals surface area contributed by atoms with Gasteiger partial charge in [-0.3, -0.25) is 0 Å². The van der Waals surface area contributed by atoms with Gasteiger partial charge in [0, 0.05) is 27.9 Å². The van der Waals surface area contributed by atoms with Gasteiger partial charge in [0.2, 0.25) is 0 Å². The number of nitrogens with one attached hydrogen (secondary N) is 1. The Kier molecular flexibility index (Phi) is 3.50. The van der Waals surface area contributed by atoms with Gasteiger partial charge in [0.05, 0.1) is 0 Å². The summed E-state index contributed by atoms with van der Waals surface area (Å²) in [4.78, 5) is 3.08. The van der Waals surface area contributed by atoms with E-state index in [0.29, 0.717) is 6.04 Å². The van der Waals surface area contributed by atoms with Crippen molar-refractivity contribution in [2.24, 2.45) is 0 Å². The minimum atomic E-state index is 0.342. The Hall–Kier alpha value is -1.06. The smallest absolute Gasteiger partial charge is 0.105 e. The first kappa shape index (κ1) is 12.9. The molecule has 1 N–H and O–H groups in total. The van der Waals surface area contributed by atoms with Gasteiger partial charge in [-0.15, -0.1) is 11.3 Å². The molecule has 0 fully saturated rings. The zero-order chi connectivity index (χ0) is 13.4. The fraction of sp³-hybridized carbons (Fsp3) is 0.500. The van der Waals surface area contributed by atoms with Crippen LogP contribution in [0.2, 0.25) is 0 Å². The molecule has 1 aliphatic carbocycles. The van der Waals surface area contributed by atoms with Crippen LogP contribution in [-0.4, -0.2) is 0 Å². The Morgan fingerprint density at radius 1 is 1.32 bits per heavy atom. The maximum Gasteiger partial charge on any atom is 0.105 e. The van der Waals surface area contributed by atoms with Crippen LogP contribution in [0.3, 0.4) is 0 Å². The van der Waals surface area contributed by atoms with Gasteiger partial charge in [0.15, 0.2) is 0 Å². The molecule has 0 radical (unpaired) electrons. The van der Waals surface area contributed by atoms with E-state index in [1.54, 1.807) is 10.4 Å². The molecule has 19 heavy (non-hydrogen) atoms. The van der Waals surface area contributed by atoms with Crippen LogP contribution in [0.15, 0.2) is 16.5 Å². The third-order valence-corrected chi connectivity index (χ3v) is 5.16. The van der Waals surface area contributed by atoms with Crippen LogP contribution < -0.4 is 5.32 Å². The summed E-state index contributed by atoms with van der Waals surface area (Å²) < 4.78 is 5.60. The first-order chi connectivity index (χ1) is 9.13. The van der Waals surface area contributed by atoms with E-state index in [4.69, 9.17) is 4.42 Å². The number of aryl methyl sites for hydroxylation is 4. The van der Waals surface area contributed by atoms with Crippen LogP contribution in [0.25, 0.3) is 0 Å². The molecule has 3 heteroatoms. The maximum absolute atomic E-state index is 5.60. The summed E-state index contributed by atoms with van der Waals surface area (Å²) >= 11 is 1.98. The van der Waals surface area contributed by atoms with Crippen molar-refractivity contribution in [3.05, 3.63) is 44.5 Å². The monoisotopic (exact) mass is 275 g/mol. The van der Waals surface area contributed by atoms with Crippen LogP contribution >= 0.6 is 11.3 Å². The van der Waals surface area contributed by atoms with E-state index in [-0.39, 0.29) is 0 Å². The normalized spacial score (nSPS) is 15.7. The molecule has 2 aromatic heterocycles. The summed E-state index contributed by atoms with van der Waals surface area (Å²) in [6.45, 7) is 7.22. The minimum absolute atomic E-state index is 0.342. The van der Waals surface area contributed by atoms with E-state index in [1.807, 2.05) is 25.2 Å². The van der Waals surface area contributed by atoms with Gasteiger partial charge in [-0.1, -0.05) is 0 Å². The van der Waals surface area contributed by atoms with Gasteiger partial charge in [-0.25, -0.2) is 0 Å². The van der Waals surface area contributed by atoms with Crippen LogP contribution in [0, 0.1) is 13.8 Å². The fourth-order valence-corrected chi connectivity index (χ4v) is 4.13. The molecule has 1 aliphatic rings. The van der Waals surface area contributed by atoms with Crippen molar-refractivity contribution < 1.29 is 4.42 Å². The average molecular weight is 275 g/mol. The average Bonchev–Trinajstić information content (AvgIpc) is 3.00. The molecule has 0 spiro atoms. The lowest BCUT2D eigenvalue weighted by atomic mass is 10.1. The number of thiophene rings is 1. The van der Waals surface area contributed by atoms with Gasteiger partial charge in [-0.2, -0.15) is 0 Å². The largest absolute Gasteiger partial charge is 0.466 e. The Balaban J connectivity index is 1.63. The molecular weight excluding hydrogens is 254 g/mol. The lowest BCUT2D eigenvalue weighted by molar-refractivity contribution is 0.490. The molecular formula is C16H21NOS. The molecule has 0 aromatic carbocycles. The Bertz CT molecular complexity index is 560. The van der Waals surface area contributed by atoms with Crippen LogP contribution in [0.4, 0.5) is 0 Å². The highest BCUT2D eigenvalue weighted by Gasteiger charge is 2.16. The number of hydrogen-bond donors (Lipinski definition) is 1. The van der Waals surface area contributed by atoms with E-state index in [2.05, 4.69) is 24.4 Å². The van der Waals surface area contributed by atoms with Crippen molar-refractivity contribution in [3.63, 3.8) is 0 Å². The van der Waals surface area contributed by atoms with E-state index in [1.165, 1.54) is 29.7 Å². The van der Waals surface area contributed by atoms with Gasteiger partial charge in [0.25, 0.3) is 0 Å². The van der Waals surface area contributed by atoms with Crippen molar-refractivity contribution in [2.75, 3.05) is 0 Å². The highest BCUT2D eigenvalue weighted by atomic mass is 32.1. The molecule has 1 unspecified atom stereocenters. The lowest BCUT2D eigenvalue weighted by Gasteiger charge is -2.12. The van der Waals surface area contributed by atoms with Crippen molar-refractivity contribution in [2.45, 2.75) is 52.6 Å². The summed E-state index contributed by atoms with van der Waals surface area (Å²) in [6.07, 6.45) is 3.91. The van der Waals surface area contributed by atoms with Crippen LogP contribution in [0.1, 0.15) is 51.8 Å². The number of furan rings is 1. The fourth-order valence-electron chi connectivity index (χ4n) is 2.92. The van der Waals surface area contributed by atoms with Crippen molar-refractivity contribution in [1.82, 2.24) is 5.32 Å². The Morgan fingerprint density at radius 2 is 2.16 bits per heavy atom. The standard InChI is InChI=1S/C16H21NOS/c1-10-7-15(12(3)18-10)11(2)17-9-14-8-13-5-4-6-16(13)19-14/h7-8,11,17H,4-6,9H2,1-3H3. The van der Waals surface area contributed by atoms with Crippen molar-refractivity contribution >= 4 is 11.3 Å². The first-order valence-corrected chi connectivity index (χ1v) is 7.86. The highest BCUT2D eigenvalue weighted by Crippen LogP contribution is 2.31. The second kappa shape index (κ2) is 5.14. The third-order valence-electron chi connectivity index (χ3n) is 3.93. The molecule has 0 saturated carbocycles. The summed E-state index contributed by atoms with van der Waals surface area (Å²) in [5.74, 6) is 2.03. The SMILES string of the molecule is Cc1cc(C(C)NCc2cc3c(s2)CCC3)c(C)o1. The Morgan fingerprint density at radius 3 is 2.84 bits per heavy atom. The number of rotatable bonds is 4. The van der Waals surface area contributed by atoms with E-state index >= 15 is 0 Å². The summed E-state index contributed by atoms with van der Waals surface area (Å²) in [6, 6.07) is 4.87. The second-order valence-electron chi connectivity index (χ2n) is 5.49. The molecule has 102 valence electrons. The summed E-state index contributed by atoms with van der Waals surface area (Å²) in [7, 11) is 0. The van der Waals surface area contributed by atoms with Gasteiger partial charge in [0.1, 0.15) is 11.5 Å². The number of hydrogen-bond acceptors (Lipinski definition) is 3. The molecule has 3 rings (SSSR count). The minimum Gasteiger partial charge on any atom is -0.466 e. The molecule has 2 heterocycles. The lowest BCUT2D eigenvalue weighted by Crippen LogP contribution is -2.17. The zero-order valence-corrected chi connectivity index (χ0v) is 12.7. The molecule has 0 bridgehead atoms. The topological polar surface area (TPSA) is 25.2 Å². The van der Waals surface area contributed by atoms with Crippen molar-refractivity contribution in [1.29, 1.82) is 0 Å². The summed E-state index contributed by atoms with van der Waals surface area (Å²) in [5, 5.41) is 3.61. The molecule has 0 aliphatic heterocycles. The molecule has 1 atom stereocenters. The second-order valence-corrected chi connectivity index (χ2v) is 6.71. The highest BCUT2D eigenvalue weighted by molar-refractivity contribution is 7.12. The number of fused-ring (bicyclic) bond motifs is 1. The predicted molar refractivity (Wildman–Crippen MR) is 79.8 cm³/mol. The van der Waals surface area contributed by atoms with Crippen molar-refractivity contribution in [3.8, 4) is 0 Å². The van der Waals surface area contributed by atoms with Crippen LogP contribution in [-0.2, 0) is 19.4 Å². The first-order valence-electron chi connectivity index (χ1n) is 7.04. The quantitative estimate of drug-likeness (QED) is 0.900. The van der Waals surface area contributed by atoms with Gasteiger partial charge < -0.3 is 9.73 Å². The van der Waals surface area contributed by atoms with E-state index in [0.717, 1.165) is 18.1 Å². The van der Waals surface area contributed by atoms with E-state index in [9.17, 15) is 0 Å². The van der Waals surface area contributed by atoms with E-state index < -0.39 is 0 Å². The van der Waals surface area contributed by atoms with Gasteiger partial charge in [-0.05, 0) is 57.7 Å². The molecule has 0 saturated heterocycles. The zero-order valence-electron chi connectivity index (χ0n) is 11.9. The predicted octanol–water partition coefficient (Wildman–Crippen LogP) is 4.30.